The van der Waals surface area contributed by atoms with Crippen LogP contribution in [0.4, 0.5) is 0 Å². The molecule has 0 fully saturated rings. The Morgan fingerprint density at radius 2 is 1.79 bits per heavy atom. The number of hydrogen-bond acceptors (Lipinski definition) is 2. The smallest absolute Gasteiger partial charge is 0.126 e. The lowest BCUT2D eigenvalue weighted by Gasteiger charge is -2.09. The van der Waals surface area contributed by atoms with E-state index in [2.05, 4.69) is 5.10 Å². The Labute approximate surface area is 115 Å². The van der Waals surface area contributed by atoms with Crippen molar-refractivity contribution in [2.45, 2.75) is 0 Å². The maximum absolute atomic E-state index is 10.0. The molecule has 3 nitrogen and oxygen atoms in total. The van der Waals surface area contributed by atoms with E-state index in [4.69, 9.17) is 11.6 Å². The van der Waals surface area contributed by atoms with Crippen molar-refractivity contribution < 1.29 is 5.11 Å². The van der Waals surface area contributed by atoms with Crippen LogP contribution >= 0.6 is 11.6 Å². The van der Waals surface area contributed by atoms with Crippen LogP contribution in [0, 0.1) is 0 Å². The van der Waals surface area contributed by atoms with Crippen molar-refractivity contribution in [3.8, 4) is 22.7 Å². The molecule has 19 heavy (non-hydrogen) atoms. The highest BCUT2D eigenvalue weighted by Gasteiger charge is 2.11. The molecule has 0 saturated carbocycles. The summed E-state index contributed by atoms with van der Waals surface area (Å²) in [6.07, 6.45) is 1.70. The van der Waals surface area contributed by atoms with Crippen molar-refractivity contribution >= 4 is 11.6 Å². The van der Waals surface area contributed by atoms with Crippen LogP contribution in [-0.2, 0) is 0 Å². The SMILES string of the molecule is Oc1cc(Cl)ccc1-c1ccnn1-c1ccccc1. The van der Waals surface area contributed by atoms with Gasteiger partial charge in [-0.25, -0.2) is 4.68 Å². The second kappa shape index (κ2) is 4.78. The average molecular weight is 271 g/mol. The minimum Gasteiger partial charge on any atom is -0.507 e. The van der Waals surface area contributed by atoms with Crippen LogP contribution in [0.25, 0.3) is 16.9 Å². The van der Waals surface area contributed by atoms with Crippen LogP contribution < -0.4 is 0 Å². The number of aromatic nitrogens is 2. The fourth-order valence-electron chi connectivity index (χ4n) is 2.00. The molecule has 2 aromatic carbocycles. The van der Waals surface area contributed by atoms with Crippen LogP contribution in [0.2, 0.25) is 5.02 Å². The quantitative estimate of drug-likeness (QED) is 0.767. The lowest BCUT2D eigenvalue weighted by Crippen LogP contribution is -1.98. The van der Waals surface area contributed by atoms with Crippen LogP contribution in [0.5, 0.6) is 5.75 Å². The minimum atomic E-state index is 0.144. The van der Waals surface area contributed by atoms with Gasteiger partial charge in [-0.3, -0.25) is 0 Å². The highest BCUT2D eigenvalue weighted by atomic mass is 35.5. The van der Waals surface area contributed by atoms with E-state index in [0.717, 1.165) is 11.4 Å². The first kappa shape index (κ1) is 11.8. The predicted octanol–water partition coefficient (Wildman–Crippen LogP) is 3.90. The second-order valence-corrected chi connectivity index (χ2v) is 4.56. The fourth-order valence-corrected chi connectivity index (χ4v) is 2.17. The maximum Gasteiger partial charge on any atom is 0.126 e. The van der Waals surface area contributed by atoms with Gasteiger partial charge in [0.2, 0.25) is 0 Å². The number of benzene rings is 2. The molecule has 0 saturated heterocycles. The Bertz CT molecular complexity index is 707. The molecule has 0 aliphatic rings. The van der Waals surface area contributed by atoms with E-state index < -0.39 is 0 Å². The maximum atomic E-state index is 10.0. The van der Waals surface area contributed by atoms with Gasteiger partial charge in [0, 0.05) is 10.6 Å². The summed E-state index contributed by atoms with van der Waals surface area (Å²) in [4.78, 5) is 0. The van der Waals surface area contributed by atoms with E-state index in [0.29, 0.717) is 10.6 Å². The summed E-state index contributed by atoms with van der Waals surface area (Å²) in [5.74, 6) is 0.144. The van der Waals surface area contributed by atoms with Gasteiger partial charge in [-0.15, -0.1) is 0 Å². The molecular weight excluding hydrogens is 260 g/mol. The van der Waals surface area contributed by atoms with Crippen LogP contribution in [0.1, 0.15) is 0 Å². The van der Waals surface area contributed by atoms with Gasteiger partial charge >= 0.3 is 0 Å². The lowest BCUT2D eigenvalue weighted by molar-refractivity contribution is 0.477. The average Bonchev–Trinajstić information content (AvgIpc) is 2.89. The molecule has 0 aliphatic carbocycles. The summed E-state index contributed by atoms with van der Waals surface area (Å²) >= 11 is 5.85. The molecule has 0 amide bonds. The van der Waals surface area contributed by atoms with Crippen molar-refractivity contribution in [3.63, 3.8) is 0 Å². The first-order valence-corrected chi connectivity index (χ1v) is 6.22. The molecule has 3 aromatic rings. The van der Waals surface area contributed by atoms with Gasteiger partial charge in [0.05, 0.1) is 17.6 Å². The summed E-state index contributed by atoms with van der Waals surface area (Å²) in [6, 6.07) is 16.7. The van der Waals surface area contributed by atoms with E-state index in [9.17, 15) is 5.11 Å². The van der Waals surface area contributed by atoms with Crippen molar-refractivity contribution in [1.82, 2.24) is 9.78 Å². The summed E-state index contributed by atoms with van der Waals surface area (Å²) < 4.78 is 1.78. The lowest BCUT2D eigenvalue weighted by atomic mass is 10.1. The molecule has 1 heterocycles. The highest BCUT2D eigenvalue weighted by Crippen LogP contribution is 2.32. The van der Waals surface area contributed by atoms with E-state index in [-0.39, 0.29) is 5.75 Å². The molecule has 3 rings (SSSR count). The number of rotatable bonds is 2. The molecule has 1 N–H and O–H groups in total. The van der Waals surface area contributed by atoms with Gasteiger partial charge in [0.1, 0.15) is 5.75 Å². The van der Waals surface area contributed by atoms with E-state index in [1.165, 1.54) is 6.07 Å². The zero-order chi connectivity index (χ0) is 13.2. The van der Waals surface area contributed by atoms with Gasteiger partial charge in [-0.05, 0) is 36.4 Å². The number of aromatic hydroxyl groups is 1. The number of halogens is 1. The Kier molecular flexibility index (Phi) is 2.97. The third-order valence-corrected chi connectivity index (χ3v) is 3.11. The van der Waals surface area contributed by atoms with Crippen molar-refractivity contribution in [1.29, 1.82) is 0 Å². The van der Waals surface area contributed by atoms with Gasteiger partial charge in [-0.2, -0.15) is 5.10 Å². The predicted molar refractivity (Wildman–Crippen MR) is 75.7 cm³/mol. The molecular formula is C15H11ClN2O. The minimum absolute atomic E-state index is 0.144. The summed E-state index contributed by atoms with van der Waals surface area (Å²) in [6.45, 7) is 0. The normalized spacial score (nSPS) is 10.6. The molecule has 0 radical (unpaired) electrons. The Hall–Kier alpha value is -2.26. The molecule has 0 aliphatic heterocycles. The number of nitrogens with zero attached hydrogens (tertiary/aromatic N) is 2. The molecule has 0 unspecified atom stereocenters. The first-order valence-electron chi connectivity index (χ1n) is 5.84. The van der Waals surface area contributed by atoms with E-state index >= 15 is 0 Å². The van der Waals surface area contributed by atoms with Gasteiger partial charge < -0.3 is 5.11 Å². The third kappa shape index (κ3) is 2.20. The first-order chi connectivity index (χ1) is 9.25. The number of para-hydroxylation sites is 1. The van der Waals surface area contributed by atoms with E-state index in [1.54, 1.807) is 23.0 Å². The molecule has 4 heteroatoms. The van der Waals surface area contributed by atoms with Crippen LogP contribution in [0.15, 0.2) is 60.8 Å². The van der Waals surface area contributed by atoms with Gasteiger partial charge in [0.15, 0.2) is 0 Å². The number of hydrogen-bond donors (Lipinski definition) is 1. The zero-order valence-corrected chi connectivity index (χ0v) is 10.7. The second-order valence-electron chi connectivity index (χ2n) is 4.13. The van der Waals surface area contributed by atoms with Crippen molar-refractivity contribution in [2.75, 3.05) is 0 Å². The fraction of sp³-hybridized carbons (Fsp3) is 0. The van der Waals surface area contributed by atoms with Crippen LogP contribution in [-0.4, -0.2) is 14.9 Å². The third-order valence-electron chi connectivity index (χ3n) is 2.88. The molecule has 0 spiro atoms. The van der Waals surface area contributed by atoms with Crippen molar-refractivity contribution in [2.24, 2.45) is 0 Å². The molecule has 0 atom stereocenters. The van der Waals surface area contributed by atoms with Crippen LogP contribution in [0.3, 0.4) is 0 Å². The van der Waals surface area contributed by atoms with Crippen molar-refractivity contribution in [3.05, 3.63) is 65.8 Å². The molecule has 0 bridgehead atoms. The summed E-state index contributed by atoms with van der Waals surface area (Å²) in [5.41, 5.74) is 2.46. The molecule has 94 valence electrons. The van der Waals surface area contributed by atoms with Gasteiger partial charge in [-0.1, -0.05) is 29.8 Å². The highest BCUT2D eigenvalue weighted by molar-refractivity contribution is 6.30. The number of phenolic OH excluding ortho intramolecular Hbond substituents is 1. The standard InChI is InChI=1S/C15H11ClN2O/c16-11-6-7-13(15(19)10-11)14-8-9-17-18(14)12-4-2-1-3-5-12/h1-10,19H. The Balaban J connectivity index is 2.15. The van der Waals surface area contributed by atoms with Gasteiger partial charge in [0.25, 0.3) is 0 Å². The number of phenols is 1. The monoisotopic (exact) mass is 270 g/mol. The Morgan fingerprint density at radius 3 is 2.53 bits per heavy atom. The summed E-state index contributed by atoms with van der Waals surface area (Å²) in [7, 11) is 0. The Morgan fingerprint density at radius 1 is 1.00 bits per heavy atom. The zero-order valence-electron chi connectivity index (χ0n) is 9.99. The largest absolute Gasteiger partial charge is 0.507 e. The molecule has 1 aromatic heterocycles. The summed E-state index contributed by atoms with van der Waals surface area (Å²) in [5, 5.41) is 14.8. The van der Waals surface area contributed by atoms with E-state index in [1.807, 2.05) is 36.4 Å². The topological polar surface area (TPSA) is 38.1 Å².